The first-order valence-electron chi connectivity index (χ1n) is 7.87. The summed E-state index contributed by atoms with van der Waals surface area (Å²) >= 11 is 0. The number of sulfonamides is 1. The van der Waals surface area contributed by atoms with Crippen LogP contribution in [0.5, 0.6) is 0 Å². The molecular formula is C16H21N3O3S. The summed E-state index contributed by atoms with van der Waals surface area (Å²) in [6.07, 6.45) is 3.13. The summed E-state index contributed by atoms with van der Waals surface area (Å²) in [5.74, 6) is 0.463. The molecule has 2 heterocycles. The maximum absolute atomic E-state index is 13.3. The highest BCUT2D eigenvalue weighted by molar-refractivity contribution is 7.89. The number of nitrogens with zero attached hydrogens (tertiary/aromatic N) is 2. The molecule has 1 unspecified atom stereocenters. The minimum absolute atomic E-state index is 0.00253. The van der Waals surface area contributed by atoms with E-state index in [0.29, 0.717) is 24.4 Å². The van der Waals surface area contributed by atoms with Crippen molar-refractivity contribution in [2.24, 2.45) is 0 Å². The van der Waals surface area contributed by atoms with Crippen LogP contribution >= 0.6 is 0 Å². The van der Waals surface area contributed by atoms with Crippen LogP contribution < -0.4 is 5.32 Å². The van der Waals surface area contributed by atoms with E-state index < -0.39 is 10.0 Å². The van der Waals surface area contributed by atoms with Gasteiger partial charge in [-0.25, -0.2) is 8.42 Å². The van der Waals surface area contributed by atoms with Gasteiger partial charge in [-0.1, -0.05) is 24.2 Å². The summed E-state index contributed by atoms with van der Waals surface area (Å²) in [5, 5.41) is 6.93. The van der Waals surface area contributed by atoms with Gasteiger partial charge < -0.3 is 9.84 Å². The molecule has 7 heteroatoms. The third kappa shape index (κ3) is 3.17. The van der Waals surface area contributed by atoms with Crippen molar-refractivity contribution in [2.45, 2.75) is 30.7 Å². The molecule has 0 saturated carbocycles. The van der Waals surface area contributed by atoms with Crippen LogP contribution in [-0.4, -0.2) is 43.6 Å². The molecule has 0 radical (unpaired) electrons. The van der Waals surface area contributed by atoms with Gasteiger partial charge in [0.2, 0.25) is 10.0 Å². The largest absolute Gasteiger partial charge is 0.356 e. The van der Waals surface area contributed by atoms with Gasteiger partial charge >= 0.3 is 0 Å². The fourth-order valence-electron chi connectivity index (χ4n) is 2.98. The predicted molar refractivity (Wildman–Crippen MR) is 87.4 cm³/mol. The first-order valence-corrected chi connectivity index (χ1v) is 9.31. The Balaban J connectivity index is 2.04. The van der Waals surface area contributed by atoms with E-state index >= 15 is 0 Å². The van der Waals surface area contributed by atoms with E-state index in [-0.39, 0.29) is 10.9 Å². The standard InChI is InChI=1S/C16H21N3O3S/c1-2-11-19(13-7-9-17-12-13)23(20,21)16-6-4-3-5-14(16)15-8-10-18-22-15/h3-6,8,10,13,17H,2,7,9,11-12H2,1H3. The lowest BCUT2D eigenvalue weighted by molar-refractivity contribution is 0.335. The van der Waals surface area contributed by atoms with Gasteiger partial charge in [0, 0.05) is 30.8 Å². The third-order valence-corrected chi connectivity index (χ3v) is 6.07. The quantitative estimate of drug-likeness (QED) is 0.875. The SMILES string of the molecule is CCCN(C1CCNC1)S(=O)(=O)c1ccccc1-c1ccno1. The minimum atomic E-state index is -3.60. The number of nitrogens with one attached hydrogen (secondary N) is 1. The van der Waals surface area contributed by atoms with Crippen molar-refractivity contribution in [1.29, 1.82) is 0 Å². The second-order valence-corrected chi connectivity index (χ2v) is 7.49. The van der Waals surface area contributed by atoms with E-state index in [1.54, 1.807) is 34.6 Å². The zero-order valence-corrected chi connectivity index (χ0v) is 13.9. The van der Waals surface area contributed by atoms with Crippen molar-refractivity contribution in [2.75, 3.05) is 19.6 Å². The summed E-state index contributed by atoms with van der Waals surface area (Å²) in [5.41, 5.74) is 0.553. The van der Waals surface area contributed by atoms with E-state index in [2.05, 4.69) is 10.5 Å². The molecule has 1 aliphatic rings. The number of benzene rings is 1. The van der Waals surface area contributed by atoms with Crippen LogP contribution in [0, 0.1) is 0 Å². The molecular weight excluding hydrogens is 314 g/mol. The van der Waals surface area contributed by atoms with E-state index in [4.69, 9.17) is 4.52 Å². The highest BCUT2D eigenvalue weighted by Crippen LogP contribution is 2.30. The Morgan fingerprint density at radius 2 is 2.17 bits per heavy atom. The highest BCUT2D eigenvalue weighted by Gasteiger charge is 2.34. The van der Waals surface area contributed by atoms with Crippen molar-refractivity contribution in [3.05, 3.63) is 36.5 Å². The van der Waals surface area contributed by atoms with Gasteiger partial charge in [-0.05, 0) is 31.5 Å². The first-order chi connectivity index (χ1) is 11.1. The third-order valence-electron chi connectivity index (χ3n) is 4.06. The molecule has 3 rings (SSSR count). The van der Waals surface area contributed by atoms with Crippen molar-refractivity contribution < 1.29 is 12.9 Å². The van der Waals surface area contributed by atoms with Crippen LogP contribution in [0.1, 0.15) is 19.8 Å². The Morgan fingerprint density at radius 3 is 2.83 bits per heavy atom. The molecule has 23 heavy (non-hydrogen) atoms. The molecule has 0 bridgehead atoms. The van der Waals surface area contributed by atoms with Crippen LogP contribution in [0.15, 0.2) is 45.9 Å². The zero-order chi connectivity index (χ0) is 16.3. The summed E-state index contributed by atoms with van der Waals surface area (Å²) in [6.45, 7) is 4.06. The summed E-state index contributed by atoms with van der Waals surface area (Å²) in [7, 11) is -3.60. The second-order valence-electron chi connectivity index (χ2n) is 5.64. The normalized spacial score (nSPS) is 18.6. The number of hydrogen-bond acceptors (Lipinski definition) is 5. The minimum Gasteiger partial charge on any atom is -0.356 e. The van der Waals surface area contributed by atoms with Crippen molar-refractivity contribution in [1.82, 2.24) is 14.8 Å². The maximum atomic E-state index is 13.3. The lowest BCUT2D eigenvalue weighted by atomic mass is 10.2. The highest BCUT2D eigenvalue weighted by atomic mass is 32.2. The summed E-state index contributed by atoms with van der Waals surface area (Å²) in [6, 6.07) is 8.61. The Bertz CT molecular complexity index is 738. The monoisotopic (exact) mass is 335 g/mol. The molecule has 1 saturated heterocycles. The smallest absolute Gasteiger partial charge is 0.244 e. The van der Waals surface area contributed by atoms with Crippen molar-refractivity contribution in [3.63, 3.8) is 0 Å². The molecule has 6 nitrogen and oxygen atoms in total. The molecule has 0 spiro atoms. The average Bonchev–Trinajstić information content (AvgIpc) is 3.25. The van der Waals surface area contributed by atoms with Crippen molar-refractivity contribution in [3.8, 4) is 11.3 Å². The van der Waals surface area contributed by atoms with Gasteiger partial charge in [0.15, 0.2) is 5.76 Å². The molecule has 2 aromatic rings. The lowest BCUT2D eigenvalue weighted by Crippen LogP contribution is -2.42. The topological polar surface area (TPSA) is 75.4 Å². The number of aromatic nitrogens is 1. The van der Waals surface area contributed by atoms with Gasteiger partial charge in [0.25, 0.3) is 0 Å². The van der Waals surface area contributed by atoms with E-state index in [9.17, 15) is 8.42 Å². The molecule has 0 amide bonds. The predicted octanol–water partition coefficient (Wildman–Crippen LogP) is 2.10. The molecule has 0 aliphatic carbocycles. The molecule has 1 aromatic heterocycles. The Hall–Kier alpha value is -1.70. The van der Waals surface area contributed by atoms with Crippen molar-refractivity contribution >= 4 is 10.0 Å². The van der Waals surface area contributed by atoms with Crippen LogP contribution in [-0.2, 0) is 10.0 Å². The number of hydrogen-bond donors (Lipinski definition) is 1. The van der Waals surface area contributed by atoms with Crippen LogP contribution in [0.25, 0.3) is 11.3 Å². The van der Waals surface area contributed by atoms with E-state index in [0.717, 1.165) is 19.4 Å². The first kappa shape index (κ1) is 16.2. The Kier molecular flexibility index (Phi) is 4.79. The molecule has 1 fully saturated rings. The van der Waals surface area contributed by atoms with Crippen LogP contribution in [0.4, 0.5) is 0 Å². The summed E-state index contributed by atoms with van der Waals surface area (Å²) < 4.78 is 33.3. The van der Waals surface area contributed by atoms with Crippen LogP contribution in [0.2, 0.25) is 0 Å². The molecule has 1 aliphatic heterocycles. The van der Waals surface area contributed by atoms with E-state index in [1.165, 1.54) is 6.20 Å². The average molecular weight is 335 g/mol. The maximum Gasteiger partial charge on any atom is 0.244 e. The molecule has 124 valence electrons. The lowest BCUT2D eigenvalue weighted by Gasteiger charge is -2.28. The van der Waals surface area contributed by atoms with Gasteiger partial charge in [0.05, 0.1) is 11.1 Å². The fraction of sp³-hybridized carbons (Fsp3) is 0.438. The Labute approximate surface area is 136 Å². The van der Waals surface area contributed by atoms with Gasteiger partial charge in [0.1, 0.15) is 0 Å². The summed E-state index contributed by atoms with van der Waals surface area (Å²) in [4.78, 5) is 0.275. The van der Waals surface area contributed by atoms with Gasteiger partial charge in [-0.2, -0.15) is 4.31 Å². The second kappa shape index (κ2) is 6.82. The zero-order valence-electron chi connectivity index (χ0n) is 13.1. The number of rotatable bonds is 6. The molecule has 1 atom stereocenters. The fourth-order valence-corrected chi connectivity index (χ4v) is 4.93. The molecule has 1 aromatic carbocycles. The van der Waals surface area contributed by atoms with E-state index in [1.807, 2.05) is 6.92 Å². The van der Waals surface area contributed by atoms with Gasteiger partial charge in [-0.15, -0.1) is 0 Å². The van der Waals surface area contributed by atoms with Gasteiger partial charge in [-0.3, -0.25) is 0 Å². The molecule has 1 N–H and O–H groups in total. The van der Waals surface area contributed by atoms with Crippen LogP contribution in [0.3, 0.4) is 0 Å². The Morgan fingerprint density at radius 1 is 1.35 bits per heavy atom.